The summed E-state index contributed by atoms with van der Waals surface area (Å²) in [6.07, 6.45) is 4.86. The third-order valence-electron chi connectivity index (χ3n) is 3.17. The number of carbonyl (C=O) groups is 1. The molecule has 2 aromatic heterocycles. The Bertz CT molecular complexity index is 836. The van der Waals surface area contributed by atoms with Gasteiger partial charge in [0.05, 0.1) is 5.02 Å². The summed E-state index contributed by atoms with van der Waals surface area (Å²) in [7, 11) is 0. The Hall–Kier alpha value is -2.92. The number of nitrogens with zero attached hydrogens (tertiary/aromatic N) is 2. The van der Waals surface area contributed by atoms with Gasteiger partial charge in [-0.2, -0.15) is 0 Å². The van der Waals surface area contributed by atoms with E-state index in [9.17, 15) is 4.79 Å². The molecular formula is C17H12ClN3O2. The van der Waals surface area contributed by atoms with Crippen molar-refractivity contribution in [3.8, 4) is 22.8 Å². The highest BCUT2D eigenvalue weighted by molar-refractivity contribution is 6.30. The zero-order valence-corrected chi connectivity index (χ0v) is 12.7. The van der Waals surface area contributed by atoms with Crippen molar-refractivity contribution in [2.75, 3.05) is 0 Å². The second-order valence-corrected chi connectivity index (χ2v) is 5.17. The number of ether oxygens (including phenoxy) is 1. The van der Waals surface area contributed by atoms with Gasteiger partial charge < -0.3 is 10.5 Å². The van der Waals surface area contributed by atoms with Crippen LogP contribution in [-0.4, -0.2) is 15.9 Å². The van der Waals surface area contributed by atoms with Crippen LogP contribution in [-0.2, 0) is 0 Å². The largest absolute Gasteiger partial charge is 0.438 e. The molecule has 1 aromatic carbocycles. The van der Waals surface area contributed by atoms with Crippen LogP contribution < -0.4 is 10.5 Å². The SMILES string of the molecule is NC(=O)c1cc(Cl)cnc1Oc1ccc(-c2ccncc2)cc1. The highest BCUT2D eigenvalue weighted by atomic mass is 35.5. The molecule has 2 heterocycles. The van der Waals surface area contributed by atoms with Crippen molar-refractivity contribution in [3.63, 3.8) is 0 Å². The molecule has 5 nitrogen and oxygen atoms in total. The van der Waals surface area contributed by atoms with Crippen LogP contribution in [0.1, 0.15) is 10.4 Å². The number of primary amides is 1. The molecule has 3 rings (SSSR count). The standard InChI is InChI=1S/C17H12ClN3O2/c18-13-9-15(16(19)22)17(21-10-13)23-14-3-1-11(2-4-14)12-5-7-20-8-6-12/h1-10H,(H2,19,22). The second-order valence-electron chi connectivity index (χ2n) is 4.73. The molecule has 114 valence electrons. The Morgan fingerprint density at radius 3 is 2.35 bits per heavy atom. The fourth-order valence-electron chi connectivity index (χ4n) is 2.06. The first-order valence-corrected chi connectivity index (χ1v) is 7.15. The molecular weight excluding hydrogens is 314 g/mol. The molecule has 0 aliphatic rings. The van der Waals surface area contributed by atoms with Crippen molar-refractivity contribution in [2.45, 2.75) is 0 Å². The van der Waals surface area contributed by atoms with Crippen LogP contribution in [0.5, 0.6) is 11.6 Å². The van der Waals surface area contributed by atoms with Gasteiger partial charge in [-0.1, -0.05) is 23.7 Å². The van der Waals surface area contributed by atoms with Crippen LogP contribution in [0.15, 0.2) is 61.1 Å². The van der Waals surface area contributed by atoms with Crippen molar-refractivity contribution in [2.24, 2.45) is 5.73 Å². The molecule has 3 aromatic rings. The van der Waals surface area contributed by atoms with Crippen LogP contribution in [0.4, 0.5) is 0 Å². The van der Waals surface area contributed by atoms with E-state index in [0.717, 1.165) is 11.1 Å². The smallest absolute Gasteiger partial charge is 0.254 e. The van der Waals surface area contributed by atoms with Crippen molar-refractivity contribution < 1.29 is 9.53 Å². The van der Waals surface area contributed by atoms with Gasteiger partial charge in [0.1, 0.15) is 11.3 Å². The molecule has 0 spiro atoms. The number of aromatic nitrogens is 2. The molecule has 0 saturated carbocycles. The molecule has 0 saturated heterocycles. The lowest BCUT2D eigenvalue weighted by Crippen LogP contribution is -2.13. The first kappa shape index (κ1) is 15.0. The third-order valence-corrected chi connectivity index (χ3v) is 3.37. The van der Waals surface area contributed by atoms with Crippen molar-refractivity contribution >= 4 is 17.5 Å². The Morgan fingerprint density at radius 2 is 1.70 bits per heavy atom. The number of hydrogen-bond acceptors (Lipinski definition) is 4. The minimum absolute atomic E-state index is 0.124. The van der Waals surface area contributed by atoms with E-state index < -0.39 is 5.91 Å². The summed E-state index contributed by atoms with van der Waals surface area (Å²) in [5.74, 6) is 0.0158. The number of pyridine rings is 2. The highest BCUT2D eigenvalue weighted by Gasteiger charge is 2.13. The molecule has 0 fully saturated rings. The number of amides is 1. The molecule has 6 heteroatoms. The molecule has 0 radical (unpaired) electrons. The molecule has 2 N–H and O–H groups in total. The molecule has 0 aliphatic carbocycles. The van der Waals surface area contributed by atoms with Gasteiger partial charge in [-0.25, -0.2) is 4.98 Å². The molecule has 0 bridgehead atoms. The fourth-order valence-corrected chi connectivity index (χ4v) is 2.21. The van der Waals surface area contributed by atoms with Gasteiger partial charge in [0.2, 0.25) is 5.88 Å². The van der Waals surface area contributed by atoms with Crippen LogP contribution in [0.25, 0.3) is 11.1 Å². The van der Waals surface area contributed by atoms with Gasteiger partial charge in [0, 0.05) is 18.6 Å². The zero-order valence-electron chi connectivity index (χ0n) is 11.9. The lowest BCUT2D eigenvalue weighted by molar-refractivity contribution is 0.0997. The van der Waals surface area contributed by atoms with Gasteiger partial charge in [0.15, 0.2) is 0 Å². The first-order valence-electron chi connectivity index (χ1n) is 6.77. The number of halogens is 1. The zero-order chi connectivity index (χ0) is 16.2. The minimum Gasteiger partial charge on any atom is -0.438 e. The van der Waals surface area contributed by atoms with Gasteiger partial charge in [-0.3, -0.25) is 9.78 Å². The van der Waals surface area contributed by atoms with Crippen LogP contribution in [0.2, 0.25) is 5.02 Å². The summed E-state index contributed by atoms with van der Waals surface area (Å²) in [5, 5.41) is 0.319. The van der Waals surface area contributed by atoms with E-state index in [1.165, 1.54) is 12.3 Å². The van der Waals surface area contributed by atoms with E-state index in [-0.39, 0.29) is 11.4 Å². The van der Waals surface area contributed by atoms with Gasteiger partial charge >= 0.3 is 0 Å². The van der Waals surface area contributed by atoms with E-state index >= 15 is 0 Å². The van der Waals surface area contributed by atoms with Crippen LogP contribution >= 0.6 is 11.6 Å². The van der Waals surface area contributed by atoms with Crippen molar-refractivity contribution in [1.29, 1.82) is 0 Å². The predicted octanol–water partition coefficient (Wildman–Crippen LogP) is 3.69. The fraction of sp³-hybridized carbons (Fsp3) is 0. The lowest BCUT2D eigenvalue weighted by atomic mass is 10.1. The summed E-state index contributed by atoms with van der Waals surface area (Å²) in [6, 6.07) is 12.7. The number of rotatable bonds is 4. The van der Waals surface area contributed by atoms with Gasteiger partial charge in [-0.15, -0.1) is 0 Å². The van der Waals surface area contributed by atoms with Gasteiger partial charge in [0.25, 0.3) is 5.91 Å². The summed E-state index contributed by atoms with van der Waals surface area (Å²) in [4.78, 5) is 19.4. The Kier molecular flexibility index (Phi) is 4.21. The highest BCUT2D eigenvalue weighted by Crippen LogP contribution is 2.27. The molecule has 1 amide bonds. The normalized spacial score (nSPS) is 10.3. The lowest BCUT2D eigenvalue weighted by Gasteiger charge is -2.09. The Morgan fingerprint density at radius 1 is 1.04 bits per heavy atom. The second kappa shape index (κ2) is 6.46. The van der Waals surface area contributed by atoms with E-state index in [4.69, 9.17) is 22.1 Å². The van der Waals surface area contributed by atoms with E-state index in [2.05, 4.69) is 9.97 Å². The summed E-state index contributed by atoms with van der Waals surface area (Å²) >= 11 is 5.82. The Labute approximate surface area is 137 Å². The maximum Gasteiger partial charge on any atom is 0.254 e. The van der Waals surface area contributed by atoms with Crippen LogP contribution in [0, 0.1) is 0 Å². The number of carbonyl (C=O) groups excluding carboxylic acids is 1. The summed E-state index contributed by atoms with van der Waals surface area (Å²) in [6.45, 7) is 0. The maximum atomic E-state index is 11.4. The molecule has 0 aliphatic heterocycles. The summed E-state index contributed by atoms with van der Waals surface area (Å²) < 4.78 is 5.63. The number of benzene rings is 1. The Balaban J connectivity index is 1.86. The van der Waals surface area contributed by atoms with E-state index in [0.29, 0.717) is 10.8 Å². The van der Waals surface area contributed by atoms with Crippen LogP contribution in [0.3, 0.4) is 0 Å². The van der Waals surface area contributed by atoms with E-state index in [1.54, 1.807) is 24.5 Å². The number of nitrogens with two attached hydrogens (primary N) is 1. The third kappa shape index (κ3) is 3.46. The summed E-state index contributed by atoms with van der Waals surface area (Å²) in [5.41, 5.74) is 7.53. The molecule has 0 atom stereocenters. The molecule has 0 unspecified atom stereocenters. The first-order chi connectivity index (χ1) is 11.1. The predicted molar refractivity (Wildman–Crippen MR) is 87.5 cm³/mol. The topological polar surface area (TPSA) is 78.1 Å². The monoisotopic (exact) mass is 325 g/mol. The van der Waals surface area contributed by atoms with Crippen molar-refractivity contribution in [1.82, 2.24) is 9.97 Å². The average Bonchev–Trinajstić information content (AvgIpc) is 2.58. The maximum absolute atomic E-state index is 11.4. The average molecular weight is 326 g/mol. The van der Waals surface area contributed by atoms with Crippen molar-refractivity contribution in [3.05, 3.63) is 71.6 Å². The van der Waals surface area contributed by atoms with E-state index in [1.807, 2.05) is 24.3 Å². The minimum atomic E-state index is -0.650. The quantitative estimate of drug-likeness (QED) is 0.793. The number of hydrogen-bond donors (Lipinski definition) is 1. The van der Waals surface area contributed by atoms with Gasteiger partial charge in [-0.05, 0) is 41.5 Å². The molecule has 23 heavy (non-hydrogen) atoms.